The van der Waals surface area contributed by atoms with Crippen LogP contribution in [0.15, 0.2) is 53.7 Å². The van der Waals surface area contributed by atoms with E-state index in [2.05, 4.69) is 25.5 Å². The summed E-state index contributed by atoms with van der Waals surface area (Å²) in [4.78, 5) is 33.7. The second kappa shape index (κ2) is 11.1. The minimum Gasteiger partial charge on any atom is -0.348 e. The van der Waals surface area contributed by atoms with Gasteiger partial charge in [0.05, 0.1) is 12.1 Å². The molecule has 200 valence electrons. The lowest BCUT2D eigenvalue weighted by Gasteiger charge is -2.09. The molecule has 4 rings (SSSR count). The van der Waals surface area contributed by atoms with E-state index in [4.69, 9.17) is 11.6 Å². The highest BCUT2D eigenvalue weighted by atomic mass is 35.5. The van der Waals surface area contributed by atoms with E-state index in [0.717, 1.165) is 9.25 Å². The molecule has 0 saturated heterocycles. The van der Waals surface area contributed by atoms with Crippen LogP contribution in [0.3, 0.4) is 0 Å². The van der Waals surface area contributed by atoms with Crippen LogP contribution in [-0.4, -0.2) is 58.9 Å². The molecule has 0 aliphatic carbocycles. The Balaban J connectivity index is 1.63. The number of hydrogen-bond acceptors (Lipinski definition) is 6. The van der Waals surface area contributed by atoms with Gasteiger partial charge in [-0.1, -0.05) is 11.6 Å². The molecule has 3 aromatic heterocycles. The maximum absolute atomic E-state index is 13.1. The number of carbonyl (C=O) groups excluding carboxylic acids is 1. The van der Waals surface area contributed by atoms with E-state index in [1.165, 1.54) is 36.3 Å². The van der Waals surface area contributed by atoms with Gasteiger partial charge >= 0.3 is 11.9 Å². The maximum Gasteiger partial charge on any atom is 0.390 e. The van der Waals surface area contributed by atoms with Crippen molar-refractivity contribution >= 4 is 17.5 Å². The van der Waals surface area contributed by atoms with Gasteiger partial charge in [0.15, 0.2) is 17.3 Å². The number of rotatable bonds is 9. The van der Waals surface area contributed by atoms with Crippen molar-refractivity contribution in [3.8, 4) is 17.1 Å². The standard InChI is InChI=1S/C23H21ClF4N8O2/c1-14(25)11-30-21(37)19-17(3-2-9-29-19)36-13-31-18(32-36)12-35-22(38)34(10-8-23(26,27)28)20(33-35)15-4-6-16(24)7-5-15/h2-7,9,13-14H,8,10-12H2,1H3,(H,30,37). The summed E-state index contributed by atoms with van der Waals surface area (Å²) in [6, 6.07) is 9.28. The zero-order valence-electron chi connectivity index (χ0n) is 19.9. The van der Waals surface area contributed by atoms with Crippen molar-refractivity contribution in [3.63, 3.8) is 0 Å². The van der Waals surface area contributed by atoms with Crippen LogP contribution in [0.2, 0.25) is 5.02 Å². The van der Waals surface area contributed by atoms with Crippen molar-refractivity contribution in [2.45, 2.75) is 38.8 Å². The van der Waals surface area contributed by atoms with Gasteiger partial charge in [-0.05, 0) is 43.3 Å². The molecular formula is C23H21ClF4N8O2. The molecule has 4 aromatic rings. The van der Waals surface area contributed by atoms with Crippen molar-refractivity contribution in [3.05, 3.63) is 75.9 Å². The molecule has 0 fully saturated rings. The van der Waals surface area contributed by atoms with Crippen molar-refractivity contribution in [2.75, 3.05) is 6.54 Å². The smallest absolute Gasteiger partial charge is 0.348 e. The summed E-state index contributed by atoms with van der Waals surface area (Å²) < 4.78 is 55.1. The minimum absolute atomic E-state index is 0.0248. The summed E-state index contributed by atoms with van der Waals surface area (Å²) in [5.41, 5.74) is -0.153. The molecule has 1 aromatic carbocycles. The number of hydrogen-bond donors (Lipinski definition) is 1. The molecular weight excluding hydrogens is 532 g/mol. The Labute approximate surface area is 217 Å². The Hall–Kier alpha value is -4.07. The van der Waals surface area contributed by atoms with Crippen LogP contribution in [0.5, 0.6) is 0 Å². The number of nitrogens with one attached hydrogen (secondary N) is 1. The van der Waals surface area contributed by atoms with E-state index in [1.807, 2.05) is 0 Å². The van der Waals surface area contributed by atoms with Gasteiger partial charge in [-0.15, -0.1) is 10.2 Å². The zero-order chi connectivity index (χ0) is 27.4. The van der Waals surface area contributed by atoms with Crippen LogP contribution < -0.4 is 11.0 Å². The summed E-state index contributed by atoms with van der Waals surface area (Å²) >= 11 is 5.91. The lowest BCUT2D eigenvalue weighted by atomic mass is 10.2. The summed E-state index contributed by atoms with van der Waals surface area (Å²) in [6.45, 7) is 0.210. The van der Waals surface area contributed by atoms with E-state index in [9.17, 15) is 27.2 Å². The fourth-order valence-corrected chi connectivity index (χ4v) is 3.62. The molecule has 3 heterocycles. The minimum atomic E-state index is -4.48. The van der Waals surface area contributed by atoms with Crippen molar-refractivity contribution in [1.29, 1.82) is 0 Å². The largest absolute Gasteiger partial charge is 0.390 e. The molecule has 1 amide bonds. The number of nitrogens with zero attached hydrogens (tertiary/aromatic N) is 7. The number of alkyl halides is 4. The van der Waals surface area contributed by atoms with Gasteiger partial charge in [0.25, 0.3) is 5.91 Å². The molecule has 1 N–H and O–H groups in total. The molecule has 0 radical (unpaired) electrons. The van der Waals surface area contributed by atoms with Crippen LogP contribution in [0.1, 0.15) is 29.7 Å². The number of benzene rings is 1. The average Bonchev–Trinajstić information content (AvgIpc) is 3.46. The van der Waals surface area contributed by atoms with Crippen LogP contribution in [0, 0.1) is 0 Å². The van der Waals surface area contributed by atoms with Gasteiger partial charge in [0.1, 0.15) is 19.0 Å². The van der Waals surface area contributed by atoms with E-state index < -0.39 is 36.9 Å². The van der Waals surface area contributed by atoms with Crippen molar-refractivity contribution < 1.29 is 22.4 Å². The van der Waals surface area contributed by atoms with Gasteiger partial charge in [-0.25, -0.2) is 28.5 Å². The molecule has 0 aliphatic heterocycles. The Bertz CT molecular complexity index is 1480. The Morgan fingerprint density at radius 2 is 1.87 bits per heavy atom. The van der Waals surface area contributed by atoms with Gasteiger partial charge in [-0.3, -0.25) is 9.36 Å². The topological polar surface area (TPSA) is 113 Å². The third-order valence-corrected chi connectivity index (χ3v) is 5.52. The molecule has 38 heavy (non-hydrogen) atoms. The first-order valence-electron chi connectivity index (χ1n) is 11.3. The lowest BCUT2D eigenvalue weighted by Crippen LogP contribution is -2.30. The van der Waals surface area contributed by atoms with Crippen LogP contribution in [0.25, 0.3) is 17.1 Å². The highest BCUT2D eigenvalue weighted by Gasteiger charge is 2.28. The Morgan fingerprint density at radius 1 is 1.13 bits per heavy atom. The first kappa shape index (κ1) is 27.0. The quantitative estimate of drug-likeness (QED) is 0.318. The first-order chi connectivity index (χ1) is 18.0. The number of amides is 1. The fraction of sp³-hybridized carbons (Fsp3) is 0.304. The van der Waals surface area contributed by atoms with E-state index in [-0.39, 0.29) is 36.1 Å². The maximum atomic E-state index is 13.1. The normalized spacial score (nSPS) is 12.5. The SMILES string of the molecule is CC(F)CNC(=O)c1ncccc1-n1cnc(Cn2nc(-c3ccc(Cl)cc3)n(CCC(F)(F)F)c2=O)n1. The third kappa shape index (κ3) is 6.43. The first-order valence-corrected chi connectivity index (χ1v) is 11.7. The molecule has 1 unspecified atom stereocenters. The summed E-state index contributed by atoms with van der Waals surface area (Å²) in [7, 11) is 0. The van der Waals surface area contributed by atoms with Gasteiger partial charge in [0, 0.05) is 29.9 Å². The number of carbonyl (C=O) groups is 1. The van der Waals surface area contributed by atoms with E-state index in [1.54, 1.807) is 24.3 Å². The molecule has 0 aliphatic rings. The van der Waals surface area contributed by atoms with Gasteiger partial charge < -0.3 is 5.32 Å². The van der Waals surface area contributed by atoms with Gasteiger partial charge in [0.2, 0.25) is 0 Å². The summed E-state index contributed by atoms with van der Waals surface area (Å²) in [6.07, 6.45) is -4.28. The molecule has 0 saturated carbocycles. The third-order valence-electron chi connectivity index (χ3n) is 5.27. The van der Waals surface area contributed by atoms with E-state index in [0.29, 0.717) is 10.6 Å². The molecule has 10 nitrogen and oxygen atoms in total. The number of halogens is 5. The summed E-state index contributed by atoms with van der Waals surface area (Å²) in [5, 5.41) is 11.3. The monoisotopic (exact) mass is 552 g/mol. The number of pyridine rings is 1. The Morgan fingerprint density at radius 3 is 2.55 bits per heavy atom. The molecule has 0 bridgehead atoms. The lowest BCUT2D eigenvalue weighted by molar-refractivity contribution is -0.136. The predicted octanol–water partition coefficient (Wildman–Crippen LogP) is 3.43. The van der Waals surface area contributed by atoms with Crippen LogP contribution in [0.4, 0.5) is 17.6 Å². The van der Waals surface area contributed by atoms with Crippen LogP contribution in [-0.2, 0) is 13.1 Å². The van der Waals surface area contributed by atoms with Crippen molar-refractivity contribution in [1.82, 2.24) is 39.4 Å². The molecule has 0 spiro atoms. The summed E-state index contributed by atoms with van der Waals surface area (Å²) in [5.74, 6) is -0.485. The second-order valence-corrected chi connectivity index (χ2v) is 8.69. The number of aromatic nitrogens is 7. The zero-order valence-corrected chi connectivity index (χ0v) is 20.6. The van der Waals surface area contributed by atoms with Crippen molar-refractivity contribution in [2.24, 2.45) is 0 Å². The van der Waals surface area contributed by atoms with Crippen LogP contribution >= 0.6 is 11.6 Å². The second-order valence-electron chi connectivity index (χ2n) is 8.25. The highest BCUT2D eigenvalue weighted by molar-refractivity contribution is 6.30. The van der Waals surface area contributed by atoms with Gasteiger partial charge in [-0.2, -0.15) is 13.2 Å². The fourth-order valence-electron chi connectivity index (χ4n) is 3.49. The average molecular weight is 553 g/mol. The van der Waals surface area contributed by atoms with E-state index >= 15 is 0 Å². The molecule has 15 heteroatoms. The molecule has 1 atom stereocenters. The highest BCUT2D eigenvalue weighted by Crippen LogP contribution is 2.23. The predicted molar refractivity (Wildman–Crippen MR) is 129 cm³/mol. The Kier molecular flexibility index (Phi) is 7.90.